The lowest BCUT2D eigenvalue weighted by Gasteiger charge is -2.42. The molecule has 184 valence electrons. The van der Waals surface area contributed by atoms with E-state index in [0.717, 1.165) is 22.3 Å². The summed E-state index contributed by atoms with van der Waals surface area (Å²) in [5, 5.41) is 3.93. The molecule has 1 atom stereocenters. The molecule has 4 aromatic carbocycles. The minimum Gasteiger partial charge on any atom is -0.336 e. The van der Waals surface area contributed by atoms with Crippen LogP contribution in [0.5, 0.6) is 0 Å². The highest BCUT2D eigenvalue weighted by atomic mass is 16.2. The third-order valence-electron chi connectivity index (χ3n) is 6.73. The average molecular weight is 477 g/mol. The lowest BCUT2D eigenvalue weighted by Crippen LogP contribution is -2.53. The summed E-state index contributed by atoms with van der Waals surface area (Å²) < 4.78 is 0. The highest BCUT2D eigenvalue weighted by Crippen LogP contribution is 2.39. The predicted octanol–water partition coefficient (Wildman–Crippen LogP) is 6.95. The third-order valence-corrected chi connectivity index (χ3v) is 6.73. The van der Waals surface area contributed by atoms with Crippen LogP contribution >= 0.6 is 0 Å². The molecule has 0 saturated heterocycles. The van der Waals surface area contributed by atoms with Crippen molar-refractivity contribution in [3.8, 4) is 0 Å². The van der Waals surface area contributed by atoms with Gasteiger partial charge in [0.25, 0.3) is 0 Å². The third kappa shape index (κ3) is 5.12. The number of hydrogen-bond donors (Lipinski definition) is 1. The van der Waals surface area contributed by atoms with Crippen LogP contribution in [-0.2, 0) is 10.3 Å². The van der Waals surface area contributed by atoms with Gasteiger partial charge in [0.1, 0.15) is 6.04 Å². The number of nitrogens with zero attached hydrogens (tertiary/aromatic N) is 1. The highest BCUT2D eigenvalue weighted by molar-refractivity contribution is 5.84. The maximum atomic E-state index is 14.4. The molecular weight excluding hydrogens is 440 g/mol. The molecule has 36 heavy (non-hydrogen) atoms. The van der Waals surface area contributed by atoms with E-state index in [9.17, 15) is 4.79 Å². The first-order valence-corrected chi connectivity index (χ1v) is 12.8. The second-order valence-corrected chi connectivity index (χ2v) is 9.77. The second-order valence-electron chi connectivity index (χ2n) is 9.77. The van der Waals surface area contributed by atoms with E-state index in [4.69, 9.17) is 0 Å². The largest absolute Gasteiger partial charge is 0.336 e. The van der Waals surface area contributed by atoms with Gasteiger partial charge in [-0.05, 0) is 49.9 Å². The van der Waals surface area contributed by atoms with Crippen molar-refractivity contribution in [2.45, 2.75) is 51.4 Å². The van der Waals surface area contributed by atoms with E-state index in [1.807, 2.05) is 53.4 Å². The Morgan fingerprint density at radius 2 is 0.917 bits per heavy atom. The van der Waals surface area contributed by atoms with Gasteiger partial charge in [-0.3, -0.25) is 10.1 Å². The Hall–Kier alpha value is -3.69. The maximum Gasteiger partial charge on any atom is 0.244 e. The fourth-order valence-electron chi connectivity index (χ4n) is 5.22. The number of carbonyl (C=O) groups excluding carboxylic acids is 1. The molecule has 1 amide bonds. The minimum absolute atomic E-state index is 0.0679. The first-order valence-electron chi connectivity index (χ1n) is 12.8. The summed E-state index contributed by atoms with van der Waals surface area (Å²) in [5.41, 5.74) is 3.44. The van der Waals surface area contributed by atoms with E-state index in [2.05, 4.69) is 106 Å². The topological polar surface area (TPSA) is 32.3 Å². The molecule has 0 aliphatic rings. The number of rotatable bonds is 9. The summed E-state index contributed by atoms with van der Waals surface area (Å²) in [4.78, 5) is 16.3. The molecule has 3 nitrogen and oxygen atoms in total. The van der Waals surface area contributed by atoms with Gasteiger partial charge in [-0.2, -0.15) is 0 Å². The van der Waals surface area contributed by atoms with E-state index in [0.29, 0.717) is 0 Å². The zero-order valence-electron chi connectivity index (χ0n) is 21.6. The van der Waals surface area contributed by atoms with Gasteiger partial charge < -0.3 is 4.90 Å². The Labute approximate surface area is 215 Å². The molecule has 0 unspecified atom stereocenters. The van der Waals surface area contributed by atoms with Gasteiger partial charge >= 0.3 is 0 Å². The zero-order chi connectivity index (χ0) is 25.5. The van der Waals surface area contributed by atoms with Crippen molar-refractivity contribution in [1.82, 2.24) is 10.2 Å². The predicted molar refractivity (Wildman–Crippen MR) is 149 cm³/mol. The molecule has 0 aromatic heterocycles. The van der Waals surface area contributed by atoms with Crippen LogP contribution in [0.3, 0.4) is 0 Å². The van der Waals surface area contributed by atoms with Gasteiger partial charge in [-0.1, -0.05) is 121 Å². The molecule has 1 N–H and O–H groups in total. The van der Waals surface area contributed by atoms with Crippen molar-refractivity contribution < 1.29 is 4.79 Å². The molecule has 4 rings (SSSR count). The minimum atomic E-state index is -0.750. The summed E-state index contributed by atoms with van der Waals surface area (Å²) in [6, 6.07) is 41.0. The van der Waals surface area contributed by atoms with Gasteiger partial charge in [0.05, 0.1) is 5.54 Å². The van der Waals surface area contributed by atoms with Crippen LogP contribution < -0.4 is 5.32 Å². The number of hydrogen-bond acceptors (Lipinski definition) is 2. The van der Waals surface area contributed by atoms with Crippen LogP contribution in [0.2, 0.25) is 0 Å². The fourth-order valence-corrected chi connectivity index (χ4v) is 5.22. The van der Waals surface area contributed by atoms with E-state index >= 15 is 0 Å². The summed E-state index contributed by atoms with van der Waals surface area (Å²) >= 11 is 0. The molecule has 4 aromatic rings. The van der Waals surface area contributed by atoms with Gasteiger partial charge in [-0.15, -0.1) is 0 Å². The molecule has 0 heterocycles. The Morgan fingerprint density at radius 3 is 1.25 bits per heavy atom. The lowest BCUT2D eigenvalue weighted by molar-refractivity contribution is -0.137. The molecule has 0 aliphatic heterocycles. The van der Waals surface area contributed by atoms with Crippen LogP contribution in [0.25, 0.3) is 0 Å². The van der Waals surface area contributed by atoms with Crippen LogP contribution in [-0.4, -0.2) is 22.9 Å². The lowest BCUT2D eigenvalue weighted by atomic mass is 9.76. The smallest absolute Gasteiger partial charge is 0.244 e. The normalized spacial score (nSPS) is 12.5. The fraction of sp³-hybridized carbons (Fsp3) is 0.242. The van der Waals surface area contributed by atoms with Crippen molar-refractivity contribution in [3.63, 3.8) is 0 Å². The molecule has 0 spiro atoms. The van der Waals surface area contributed by atoms with Gasteiger partial charge in [0.15, 0.2) is 0 Å². The summed E-state index contributed by atoms with van der Waals surface area (Å²) in [6.45, 7) is 8.33. The average Bonchev–Trinajstić information content (AvgIpc) is 2.91. The van der Waals surface area contributed by atoms with Crippen LogP contribution in [0.1, 0.15) is 56.0 Å². The van der Waals surface area contributed by atoms with Gasteiger partial charge in [0.2, 0.25) is 5.91 Å². The number of amides is 1. The summed E-state index contributed by atoms with van der Waals surface area (Å²) in [6.07, 6.45) is 0. The highest BCUT2D eigenvalue weighted by Gasteiger charge is 2.41. The quantitative estimate of drug-likeness (QED) is 0.265. The number of carbonyl (C=O) groups is 1. The Bertz CT molecular complexity index is 1120. The zero-order valence-corrected chi connectivity index (χ0v) is 21.6. The Kier molecular flexibility index (Phi) is 8.02. The first-order chi connectivity index (χ1) is 17.4. The van der Waals surface area contributed by atoms with E-state index in [-0.39, 0.29) is 18.0 Å². The molecular formula is C33H36N2O. The summed E-state index contributed by atoms with van der Waals surface area (Å²) in [7, 11) is 0. The second kappa shape index (κ2) is 11.4. The van der Waals surface area contributed by atoms with E-state index in [1.165, 1.54) is 0 Å². The van der Waals surface area contributed by atoms with E-state index in [1.54, 1.807) is 0 Å². The number of nitrogens with one attached hydrogen (secondary N) is 1. The standard InChI is InChI=1S/C33H36N2O/c1-25(2)35(26(3)4)32(36)31(27-17-9-5-10-18-27)34-33(28-19-11-6-12-20-28,29-21-13-7-14-22-29)30-23-15-8-16-24-30/h5-26,31,34H,1-4H3/t31-/m0/s1. The van der Waals surface area contributed by atoms with Crippen molar-refractivity contribution in [2.75, 3.05) is 0 Å². The molecule has 0 fully saturated rings. The van der Waals surface area contributed by atoms with Gasteiger partial charge in [-0.25, -0.2) is 0 Å². The Morgan fingerprint density at radius 1 is 0.583 bits per heavy atom. The van der Waals surface area contributed by atoms with Crippen molar-refractivity contribution in [1.29, 1.82) is 0 Å². The molecule has 0 bridgehead atoms. The van der Waals surface area contributed by atoms with Crippen LogP contribution in [0.4, 0.5) is 0 Å². The van der Waals surface area contributed by atoms with E-state index < -0.39 is 11.6 Å². The first kappa shape index (κ1) is 25.4. The maximum absolute atomic E-state index is 14.4. The van der Waals surface area contributed by atoms with Crippen LogP contribution in [0, 0.1) is 0 Å². The molecule has 3 heteroatoms. The van der Waals surface area contributed by atoms with Crippen molar-refractivity contribution >= 4 is 5.91 Å². The monoisotopic (exact) mass is 476 g/mol. The summed E-state index contributed by atoms with van der Waals surface area (Å²) in [5.74, 6) is 0.0679. The van der Waals surface area contributed by atoms with Crippen molar-refractivity contribution in [2.24, 2.45) is 0 Å². The molecule has 0 saturated carbocycles. The molecule has 0 aliphatic carbocycles. The molecule has 0 radical (unpaired) electrons. The van der Waals surface area contributed by atoms with Gasteiger partial charge in [0, 0.05) is 12.1 Å². The van der Waals surface area contributed by atoms with Crippen molar-refractivity contribution in [3.05, 3.63) is 144 Å². The van der Waals surface area contributed by atoms with Crippen LogP contribution in [0.15, 0.2) is 121 Å². The number of benzene rings is 4. The SMILES string of the molecule is CC(C)N(C(=O)[C@@H](NC(c1ccccc1)(c1ccccc1)c1ccccc1)c1ccccc1)C(C)C. The Balaban J connectivity index is 1.99.